The fourth-order valence-electron chi connectivity index (χ4n) is 0.729. The SMILES string of the molecule is CCC1=CC=C=CC=C1. The minimum absolute atomic E-state index is 1.10. The van der Waals surface area contributed by atoms with Gasteiger partial charge < -0.3 is 0 Å². The summed E-state index contributed by atoms with van der Waals surface area (Å²) in [5, 5.41) is 0. The highest BCUT2D eigenvalue weighted by molar-refractivity contribution is 5.28. The Morgan fingerprint density at radius 2 is 2.33 bits per heavy atom. The molecule has 0 unspecified atom stereocenters. The highest BCUT2D eigenvalue weighted by atomic mass is 13.9. The molecule has 1 aliphatic rings. The third kappa shape index (κ3) is 1.75. The molecular weight excluding hydrogens is 108 g/mol. The highest BCUT2D eigenvalue weighted by Crippen LogP contribution is 2.03. The van der Waals surface area contributed by atoms with Crippen molar-refractivity contribution >= 4 is 0 Å². The first-order chi connectivity index (χ1) is 4.43. The van der Waals surface area contributed by atoms with Crippen molar-refractivity contribution in [2.24, 2.45) is 0 Å². The van der Waals surface area contributed by atoms with Crippen LogP contribution < -0.4 is 0 Å². The van der Waals surface area contributed by atoms with Crippen molar-refractivity contribution in [3.63, 3.8) is 0 Å². The smallest absolute Gasteiger partial charge is 0.0197 e. The second-order valence-corrected chi connectivity index (χ2v) is 1.95. The standard InChI is InChI=1S/C9H10/c1-2-9-7-5-3-4-6-8-9/h3,5-8H,2H2,1H3. The summed E-state index contributed by atoms with van der Waals surface area (Å²) in [5.41, 5.74) is 4.36. The summed E-state index contributed by atoms with van der Waals surface area (Å²) in [6.07, 6.45) is 11.2. The largest absolute Gasteiger partial charge is 0.121 e. The molecule has 0 heteroatoms. The molecule has 0 bridgehead atoms. The molecule has 0 N–H and O–H groups in total. The van der Waals surface area contributed by atoms with E-state index in [1.54, 1.807) is 0 Å². The maximum absolute atomic E-state index is 3.00. The van der Waals surface area contributed by atoms with Gasteiger partial charge in [0.2, 0.25) is 0 Å². The zero-order valence-electron chi connectivity index (χ0n) is 5.59. The molecule has 0 aromatic heterocycles. The van der Waals surface area contributed by atoms with Crippen molar-refractivity contribution in [2.45, 2.75) is 13.3 Å². The molecule has 0 radical (unpaired) electrons. The van der Waals surface area contributed by atoms with Crippen LogP contribution in [-0.2, 0) is 0 Å². The summed E-state index contributed by atoms with van der Waals surface area (Å²) in [4.78, 5) is 0. The molecule has 9 heavy (non-hydrogen) atoms. The predicted molar refractivity (Wildman–Crippen MR) is 40.2 cm³/mol. The van der Waals surface area contributed by atoms with Crippen LogP contribution in [0, 0.1) is 0 Å². The Labute approximate surface area is 55.9 Å². The van der Waals surface area contributed by atoms with Crippen molar-refractivity contribution in [1.82, 2.24) is 0 Å². The molecule has 0 aromatic carbocycles. The summed E-state index contributed by atoms with van der Waals surface area (Å²) >= 11 is 0. The van der Waals surface area contributed by atoms with Crippen LogP contribution in [0.15, 0.2) is 41.7 Å². The summed E-state index contributed by atoms with van der Waals surface area (Å²) in [5.74, 6) is 0. The first-order valence-corrected chi connectivity index (χ1v) is 3.22. The van der Waals surface area contributed by atoms with Gasteiger partial charge in [-0.1, -0.05) is 25.2 Å². The molecule has 0 saturated heterocycles. The average Bonchev–Trinajstić information content (AvgIpc) is 2.13. The van der Waals surface area contributed by atoms with Crippen LogP contribution in [0.5, 0.6) is 0 Å². The molecule has 0 saturated carbocycles. The molecule has 0 amide bonds. The number of hydrogen-bond acceptors (Lipinski definition) is 0. The molecule has 1 aliphatic carbocycles. The maximum Gasteiger partial charge on any atom is -0.0197 e. The second kappa shape index (κ2) is 3.11. The Morgan fingerprint density at radius 1 is 1.44 bits per heavy atom. The molecule has 0 aliphatic heterocycles. The summed E-state index contributed by atoms with van der Waals surface area (Å²) in [7, 11) is 0. The fraction of sp³-hybridized carbons (Fsp3) is 0.222. The molecule has 0 fully saturated rings. The Kier molecular flexibility index (Phi) is 2.12. The Morgan fingerprint density at radius 3 is 3.11 bits per heavy atom. The van der Waals surface area contributed by atoms with Gasteiger partial charge in [0.25, 0.3) is 0 Å². The Balaban J connectivity index is 2.78. The van der Waals surface area contributed by atoms with Gasteiger partial charge in [-0.15, -0.1) is 5.73 Å². The van der Waals surface area contributed by atoms with Gasteiger partial charge in [0.05, 0.1) is 0 Å². The summed E-state index contributed by atoms with van der Waals surface area (Å²) in [6.45, 7) is 2.15. The van der Waals surface area contributed by atoms with E-state index in [4.69, 9.17) is 0 Å². The van der Waals surface area contributed by atoms with E-state index in [9.17, 15) is 0 Å². The van der Waals surface area contributed by atoms with Crippen LogP contribution in [0.3, 0.4) is 0 Å². The van der Waals surface area contributed by atoms with E-state index in [1.165, 1.54) is 5.57 Å². The average molecular weight is 118 g/mol. The van der Waals surface area contributed by atoms with Crippen LogP contribution in [-0.4, -0.2) is 0 Å². The quantitative estimate of drug-likeness (QED) is 0.464. The highest BCUT2D eigenvalue weighted by Gasteiger charge is 1.84. The molecule has 0 aromatic rings. The van der Waals surface area contributed by atoms with Gasteiger partial charge in [0.1, 0.15) is 0 Å². The van der Waals surface area contributed by atoms with Gasteiger partial charge in [-0.2, -0.15) is 0 Å². The first-order valence-electron chi connectivity index (χ1n) is 3.22. The zero-order chi connectivity index (χ0) is 6.53. The van der Waals surface area contributed by atoms with Crippen LogP contribution in [0.25, 0.3) is 0 Å². The van der Waals surface area contributed by atoms with Crippen LogP contribution in [0.4, 0.5) is 0 Å². The van der Waals surface area contributed by atoms with Crippen LogP contribution >= 0.6 is 0 Å². The number of allylic oxidation sites excluding steroid dienone is 5. The van der Waals surface area contributed by atoms with E-state index in [-0.39, 0.29) is 0 Å². The Bertz CT molecular complexity index is 198. The van der Waals surface area contributed by atoms with Crippen molar-refractivity contribution in [1.29, 1.82) is 0 Å². The third-order valence-electron chi connectivity index (χ3n) is 1.30. The van der Waals surface area contributed by atoms with Crippen LogP contribution in [0.1, 0.15) is 13.3 Å². The lowest BCUT2D eigenvalue weighted by Gasteiger charge is -1.89. The molecule has 0 atom stereocenters. The van der Waals surface area contributed by atoms with Gasteiger partial charge in [-0.3, -0.25) is 0 Å². The monoisotopic (exact) mass is 118 g/mol. The van der Waals surface area contributed by atoms with E-state index < -0.39 is 0 Å². The first kappa shape index (κ1) is 6.12. The molecular formula is C9H10. The molecule has 46 valence electrons. The molecule has 0 heterocycles. The van der Waals surface area contributed by atoms with Crippen molar-refractivity contribution in [3.8, 4) is 0 Å². The molecule has 0 nitrogen and oxygen atoms in total. The minimum atomic E-state index is 1.10. The van der Waals surface area contributed by atoms with E-state index in [2.05, 4.69) is 24.8 Å². The van der Waals surface area contributed by atoms with E-state index in [1.807, 2.05) is 18.2 Å². The lowest BCUT2D eigenvalue weighted by molar-refractivity contribution is 1.15. The fourth-order valence-corrected chi connectivity index (χ4v) is 0.729. The van der Waals surface area contributed by atoms with Gasteiger partial charge >= 0.3 is 0 Å². The van der Waals surface area contributed by atoms with Gasteiger partial charge in [-0.25, -0.2) is 0 Å². The topological polar surface area (TPSA) is 0 Å². The normalized spacial score (nSPS) is 15.4. The van der Waals surface area contributed by atoms with Gasteiger partial charge in [-0.05, 0) is 24.1 Å². The summed E-state index contributed by atoms with van der Waals surface area (Å²) < 4.78 is 0. The van der Waals surface area contributed by atoms with E-state index in [0.29, 0.717) is 0 Å². The lowest BCUT2D eigenvalue weighted by atomic mass is 10.2. The predicted octanol–water partition coefficient (Wildman–Crippen LogP) is 2.60. The van der Waals surface area contributed by atoms with Crippen molar-refractivity contribution in [2.75, 3.05) is 0 Å². The number of rotatable bonds is 1. The second-order valence-electron chi connectivity index (χ2n) is 1.95. The zero-order valence-corrected chi connectivity index (χ0v) is 5.59. The van der Waals surface area contributed by atoms with Gasteiger partial charge in [0, 0.05) is 0 Å². The van der Waals surface area contributed by atoms with Crippen LogP contribution in [0.2, 0.25) is 0 Å². The lowest BCUT2D eigenvalue weighted by Crippen LogP contribution is -1.69. The van der Waals surface area contributed by atoms with Gasteiger partial charge in [0.15, 0.2) is 0 Å². The van der Waals surface area contributed by atoms with E-state index in [0.717, 1.165) is 6.42 Å². The minimum Gasteiger partial charge on any atom is -0.121 e. The third-order valence-corrected chi connectivity index (χ3v) is 1.30. The molecule has 1 rings (SSSR count). The van der Waals surface area contributed by atoms with Crippen molar-refractivity contribution < 1.29 is 0 Å². The van der Waals surface area contributed by atoms with Crippen molar-refractivity contribution in [3.05, 3.63) is 41.7 Å². The number of hydrogen-bond donors (Lipinski definition) is 0. The Hall–Kier alpha value is -1.00. The maximum atomic E-state index is 3.00. The van der Waals surface area contributed by atoms with E-state index >= 15 is 0 Å². The summed E-state index contributed by atoms with van der Waals surface area (Å²) in [6, 6.07) is 0. The molecule has 0 spiro atoms.